The fourth-order valence-corrected chi connectivity index (χ4v) is 3.62. The largest absolute Gasteiger partial charge is 0.389 e. The van der Waals surface area contributed by atoms with Crippen LogP contribution in [0.4, 0.5) is 0 Å². The van der Waals surface area contributed by atoms with Gasteiger partial charge in [0.25, 0.3) is 0 Å². The molecule has 6 heteroatoms. The van der Waals surface area contributed by atoms with Gasteiger partial charge >= 0.3 is 0 Å². The average molecular weight is 294 g/mol. The Balaban J connectivity index is 1.99. The van der Waals surface area contributed by atoms with Gasteiger partial charge < -0.3 is 5.11 Å². The first kappa shape index (κ1) is 15.0. The van der Waals surface area contributed by atoms with Gasteiger partial charge in [0.2, 0.25) is 0 Å². The van der Waals surface area contributed by atoms with Gasteiger partial charge in [-0.25, -0.2) is 8.42 Å². The monoisotopic (exact) mass is 294 g/mol. The third kappa shape index (κ3) is 3.57. The Morgan fingerprint density at radius 2 is 2.05 bits per heavy atom. The van der Waals surface area contributed by atoms with Gasteiger partial charge in [0, 0.05) is 19.6 Å². The minimum absolute atomic E-state index is 0.0228. The van der Waals surface area contributed by atoms with Crippen molar-refractivity contribution in [1.29, 1.82) is 5.26 Å². The third-order valence-electron chi connectivity index (χ3n) is 3.55. The van der Waals surface area contributed by atoms with Crippen LogP contribution in [0.25, 0.3) is 0 Å². The molecule has 1 saturated heterocycles. The van der Waals surface area contributed by atoms with E-state index in [1.54, 1.807) is 6.92 Å². The second-order valence-corrected chi connectivity index (χ2v) is 7.59. The summed E-state index contributed by atoms with van der Waals surface area (Å²) in [7, 11) is -3.34. The van der Waals surface area contributed by atoms with Crippen LogP contribution in [0.1, 0.15) is 18.9 Å². The van der Waals surface area contributed by atoms with Crippen LogP contribution in [0.2, 0.25) is 0 Å². The number of sulfone groups is 1. The molecule has 0 bridgehead atoms. The zero-order valence-electron chi connectivity index (χ0n) is 11.4. The summed E-state index contributed by atoms with van der Waals surface area (Å²) < 4.78 is 24.4. The molecule has 0 aromatic heterocycles. The highest BCUT2D eigenvalue weighted by atomic mass is 32.2. The van der Waals surface area contributed by atoms with Crippen molar-refractivity contribution in [3.63, 3.8) is 0 Å². The van der Waals surface area contributed by atoms with Gasteiger partial charge in [0.05, 0.1) is 27.9 Å². The molecular formula is C14H18N2O3S. The summed E-state index contributed by atoms with van der Waals surface area (Å²) in [6.07, 6.45) is 0.671. The molecular weight excluding hydrogens is 276 g/mol. The molecule has 1 aliphatic rings. The van der Waals surface area contributed by atoms with Crippen molar-refractivity contribution in [3.05, 3.63) is 29.8 Å². The number of hydrogen-bond acceptors (Lipinski definition) is 5. The number of rotatable bonds is 4. The van der Waals surface area contributed by atoms with Crippen molar-refractivity contribution >= 4 is 9.84 Å². The first-order chi connectivity index (χ1) is 9.32. The van der Waals surface area contributed by atoms with Crippen LogP contribution in [0.5, 0.6) is 0 Å². The highest BCUT2D eigenvalue weighted by molar-refractivity contribution is 7.91. The van der Waals surface area contributed by atoms with E-state index in [-0.39, 0.29) is 10.6 Å². The van der Waals surface area contributed by atoms with Crippen LogP contribution in [0, 0.1) is 11.3 Å². The Morgan fingerprint density at radius 1 is 1.40 bits per heavy atom. The number of likely N-dealkylation sites (tertiary alicyclic amines) is 1. The van der Waals surface area contributed by atoms with Gasteiger partial charge in [-0.05, 0) is 37.6 Å². The van der Waals surface area contributed by atoms with Crippen LogP contribution in [0.15, 0.2) is 29.2 Å². The summed E-state index contributed by atoms with van der Waals surface area (Å²) in [5.41, 5.74) is -0.266. The van der Waals surface area contributed by atoms with Crippen molar-refractivity contribution in [2.45, 2.75) is 23.8 Å². The number of benzene rings is 1. The molecule has 2 rings (SSSR count). The Bertz CT molecular complexity index is 615. The Hall–Kier alpha value is -1.42. The molecule has 0 amide bonds. The molecule has 1 fully saturated rings. The molecule has 1 atom stereocenters. The summed E-state index contributed by atoms with van der Waals surface area (Å²) in [4.78, 5) is 2.20. The maximum absolute atomic E-state index is 12.2. The molecule has 0 radical (unpaired) electrons. The summed E-state index contributed by atoms with van der Waals surface area (Å²) in [6.45, 7) is 3.41. The number of hydrogen-bond donors (Lipinski definition) is 1. The van der Waals surface area contributed by atoms with E-state index in [1.807, 2.05) is 11.0 Å². The number of nitrogens with zero attached hydrogens (tertiary/aromatic N) is 2. The predicted molar refractivity (Wildman–Crippen MR) is 74.9 cm³/mol. The van der Waals surface area contributed by atoms with Gasteiger partial charge in [0.15, 0.2) is 9.84 Å². The van der Waals surface area contributed by atoms with Gasteiger partial charge in [-0.1, -0.05) is 0 Å². The lowest BCUT2D eigenvalue weighted by atomic mass is 10.1. The lowest BCUT2D eigenvalue weighted by Crippen LogP contribution is -2.32. The smallest absolute Gasteiger partial charge is 0.179 e. The van der Waals surface area contributed by atoms with Crippen molar-refractivity contribution in [2.24, 2.45) is 0 Å². The first-order valence-electron chi connectivity index (χ1n) is 6.50. The lowest BCUT2D eigenvalue weighted by molar-refractivity contribution is 0.0696. The number of nitriles is 1. The molecule has 1 aromatic carbocycles. The normalized spacial score (nSPS) is 23.6. The van der Waals surface area contributed by atoms with E-state index >= 15 is 0 Å². The molecule has 0 saturated carbocycles. The molecule has 1 N–H and O–H groups in total. The second kappa shape index (κ2) is 5.52. The van der Waals surface area contributed by atoms with E-state index in [4.69, 9.17) is 5.26 Å². The number of aliphatic hydroxyl groups is 1. The quantitative estimate of drug-likeness (QED) is 0.888. The molecule has 20 heavy (non-hydrogen) atoms. The van der Waals surface area contributed by atoms with Crippen LogP contribution in [-0.4, -0.2) is 49.4 Å². The average Bonchev–Trinajstić information content (AvgIpc) is 2.76. The van der Waals surface area contributed by atoms with E-state index in [2.05, 4.69) is 0 Å². The minimum atomic E-state index is -3.34. The van der Waals surface area contributed by atoms with Gasteiger partial charge in [-0.15, -0.1) is 0 Å². The zero-order valence-corrected chi connectivity index (χ0v) is 12.2. The molecule has 1 aromatic rings. The van der Waals surface area contributed by atoms with Crippen LogP contribution in [0.3, 0.4) is 0 Å². The molecule has 108 valence electrons. The van der Waals surface area contributed by atoms with Gasteiger partial charge in [-0.2, -0.15) is 5.26 Å². The maximum atomic E-state index is 12.2. The van der Waals surface area contributed by atoms with Crippen LogP contribution in [-0.2, 0) is 9.84 Å². The molecule has 5 nitrogen and oxygen atoms in total. The second-order valence-electron chi connectivity index (χ2n) is 5.48. The first-order valence-corrected chi connectivity index (χ1v) is 8.15. The molecule has 0 spiro atoms. The van der Waals surface area contributed by atoms with E-state index in [9.17, 15) is 13.5 Å². The molecule has 0 aliphatic carbocycles. The Kier molecular flexibility index (Phi) is 4.14. The SMILES string of the molecule is CC1(O)CCN(CCS(=O)(=O)c2ccc(C#N)cc2)C1. The van der Waals surface area contributed by atoms with E-state index in [0.29, 0.717) is 25.1 Å². The van der Waals surface area contributed by atoms with Gasteiger partial charge in [0.1, 0.15) is 0 Å². The van der Waals surface area contributed by atoms with E-state index in [1.165, 1.54) is 24.3 Å². The minimum Gasteiger partial charge on any atom is -0.389 e. The summed E-state index contributed by atoms with van der Waals surface area (Å²) in [5.74, 6) is 0.0228. The summed E-state index contributed by atoms with van der Waals surface area (Å²) >= 11 is 0. The Morgan fingerprint density at radius 3 is 2.55 bits per heavy atom. The fraction of sp³-hybridized carbons (Fsp3) is 0.500. The highest BCUT2D eigenvalue weighted by Crippen LogP contribution is 2.20. The van der Waals surface area contributed by atoms with Crippen LogP contribution >= 0.6 is 0 Å². The fourth-order valence-electron chi connectivity index (χ4n) is 2.33. The predicted octanol–water partition coefficient (Wildman–Crippen LogP) is 0.789. The van der Waals surface area contributed by atoms with Crippen molar-refractivity contribution in [2.75, 3.05) is 25.4 Å². The Labute approximate surface area is 119 Å². The van der Waals surface area contributed by atoms with Crippen molar-refractivity contribution in [3.8, 4) is 6.07 Å². The maximum Gasteiger partial charge on any atom is 0.179 e. The third-order valence-corrected chi connectivity index (χ3v) is 5.26. The lowest BCUT2D eigenvalue weighted by Gasteiger charge is -2.18. The van der Waals surface area contributed by atoms with Crippen LogP contribution < -0.4 is 0 Å². The zero-order chi connectivity index (χ0) is 14.8. The molecule has 1 heterocycles. The summed E-state index contributed by atoms with van der Waals surface area (Å²) in [6, 6.07) is 7.91. The standard InChI is InChI=1S/C14H18N2O3S/c1-14(17)6-7-16(11-14)8-9-20(18,19)13-4-2-12(10-15)3-5-13/h2-5,17H,6-9,11H2,1H3. The van der Waals surface area contributed by atoms with Crippen molar-refractivity contribution < 1.29 is 13.5 Å². The molecule has 1 unspecified atom stereocenters. The molecule has 1 aliphatic heterocycles. The topological polar surface area (TPSA) is 81.4 Å². The van der Waals surface area contributed by atoms with E-state index < -0.39 is 15.4 Å². The summed E-state index contributed by atoms with van der Waals surface area (Å²) in [5, 5.41) is 18.5. The highest BCUT2D eigenvalue weighted by Gasteiger charge is 2.31. The van der Waals surface area contributed by atoms with Gasteiger partial charge in [-0.3, -0.25) is 4.90 Å². The van der Waals surface area contributed by atoms with Crippen molar-refractivity contribution in [1.82, 2.24) is 4.90 Å². The van der Waals surface area contributed by atoms with E-state index in [0.717, 1.165) is 6.54 Å². The number of β-amino-alcohol motifs (C(OH)–C–C–N with tert-alkyl or cyclic N) is 1.